The van der Waals surface area contributed by atoms with Crippen molar-refractivity contribution in [2.75, 3.05) is 31.6 Å². The number of aromatic nitrogens is 1. The van der Waals surface area contributed by atoms with Crippen LogP contribution < -0.4 is 10.2 Å². The Bertz CT molecular complexity index is 417. The number of fused-ring (bicyclic) bond motifs is 2. The number of nitrogens with one attached hydrogen (secondary N) is 1. The molecule has 110 valence electrons. The Morgan fingerprint density at radius 2 is 2.15 bits per heavy atom. The molecule has 0 radical (unpaired) electrons. The second kappa shape index (κ2) is 6.10. The minimum atomic E-state index is 0.723. The summed E-state index contributed by atoms with van der Waals surface area (Å²) in [5, 5.41) is 3.56. The molecule has 2 atom stereocenters. The molecule has 2 saturated heterocycles. The van der Waals surface area contributed by atoms with Gasteiger partial charge in [-0.05, 0) is 44.4 Å². The lowest BCUT2D eigenvalue weighted by Crippen LogP contribution is -2.37. The molecule has 3 rings (SSSR count). The van der Waals surface area contributed by atoms with Gasteiger partial charge in [-0.3, -0.25) is 4.90 Å². The molecule has 0 aromatic carbocycles. The summed E-state index contributed by atoms with van der Waals surface area (Å²) < 4.78 is 0. The number of anilines is 1. The molecule has 1 aromatic rings. The molecule has 2 bridgehead atoms. The predicted molar refractivity (Wildman–Crippen MR) is 83.0 cm³/mol. The highest BCUT2D eigenvalue weighted by molar-refractivity contribution is 5.38. The molecule has 4 heteroatoms. The van der Waals surface area contributed by atoms with Crippen LogP contribution in [0, 0.1) is 0 Å². The standard InChI is InChI=1S/C16H26N4/c1-3-19(2)16-7-4-13(10-18-16)12-20-14-5-6-15(20)11-17-9-8-14/h4,7,10,14-15,17H,3,5-6,8-9,11-12H2,1-2H3. The molecule has 20 heavy (non-hydrogen) atoms. The molecule has 0 aliphatic carbocycles. The van der Waals surface area contributed by atoms with Crippen LogP contribution in [0.2, 0.25) is 0 Å². The van der Waals surface area contributed by atoms with Crippen molar-refractivity contribution in [3.63, 3.8) is 0 Å². The first-order valence-electron chi connectivity index (χ1n) is 7.90. The van der Waals surface area contributed by atoms with Crippen LogP contribution in [-0.4, -0.2) is 48.6 Å². The van der Waals surface area contributed by atoms with E-state index in [1.807, 2.05) is 0 Å². The quantitative estimate of drug-likeness (QED) is 0.908. The first-order chi connectivity index (χ1) is 9.78. The van der Waals surface area contributed by atoms with Gasteiger partial charge in [-0.15, -0.1) is 0 Å². The average molecular weight is 274 g/mol. The average Bonchev–Trinajstić information content (AvgIpc) is 2.72. The lowest BCUT2D eigenvalue weighted by molar-refractivity contribution is 0.193. The van der Waals surface area contributed by atoms with Gasteiger partial charge in [0.15, 0.2) is 0 Å². The molecule has 0 spiro atoms. The monoisotopic (exact) mass is 274 g/mol. The first-order valence-corrected chi connectivity index (χ1v) is 7.90. The Balaban J connectivity index is 1.68. The number of hydrogen-bond acceptors (Lipinski definition) is 4. The van der Waals surface area contributed by atoms with E-state index in [2.05, 4.69) is 52.4 Å². The summed E-state index contributed by atoms with van der Waals surface area (Å²) in [7, 11) is 2.09. The summed E-state index contributed by atoms with van der Waals surface area (Å²) in [6, 6.07) is 5.89. The number of rotatable bonds is 4. The third-order valence-corrected chi connectivity index (χ3v) is 4.85. The van der Waals surface area contributed by atoms with Gasteiger partial charge in [0, 0.05) is 45.0 Å². The van der Waals surface area contributed by atoms with Crippen LogP contribution in [-0.2, 0) is 6.54 Å². The Kier molecular flexibility index (Phi) is 4.22. The van der Waals surface area contributed by atoms with Gasteiger partial charge >= 0.3 is 0 Å². The van der Waals surface area contributed by atoms with Gasteiger partial charge in [-0.2, -0.15) is 0 Å². The predicted octanol–water partition coefficient (Wildman–Crippen LogP) is 1.86. The minimum absolute atomic E-state index is 0.723. The maximum atomic E-state index is 4.59. The fourth-order valence-corrected chi connectivity index (χ4v) is 3.45. The van der Waals surface area contributed by atoms with Crippen LogP contribution >= 0.6 is 0 Å². The summed E-state index contributed by atoms with van der Waals surface area (Å²) in [5.41, 5.74) is 1.34. The van der Waals surface area contributed by atoms with Crippen LogP contribution in [0.25, 0.3) is 0 Å². The largest absolute Gasteiger partial charge is 0.360 e. The molecular formula is C16H26N4. The number of pyridine rings is 1. The van der Waals surface area contributed by atoms with Crippen LogP contribution in [0.15, 0.2) is 18.3 Å². The summed E-state index contributed by atoms with van der Waals surface area (Å²) in [5.74, 6) is 1.07. The van der Waals surface area contributed by atoms with Crippen molar-refractivity contribution in [3.05, 3.63) is 23.9 Å². The Morgan fingerprint density at radius 3 is 2.90 bits per heavy atom. The summed E-state index contributed by atoms with van der Waals surface area (Å²) in [4.78, 5) is 9.46. The Hall–Kier alpha value is -1.13. The normalized spacial score (nSPS) is 26.5. The van der Waals surface area contributed by atoms with Gasteiger partial charge in [0.1, 0.15) is 5.82 Å². The number of hydrogen-bond donors (Lipinski definition) is 1. The van der Waals surface area contributed by atoms with E-state index in [-0.39, 0.29) is 0 Å². The third-order valence-electron chi connectivity index (χ3n) is 4.85. The van der Waals surface area contributed by atoms with E-state index >= 15 is 0 Å². The van der Waals surface area contributed by atoms with Gasteiger partial charge < -0.3 is 10.2 Å². The SMILES string of the molecule is CCN(C)c1ccc(CN2C3CCNCC2CC3)cn1. The van der Waals surface area contributed by atoms with E-state index < -0.39 is 0 Å². The number of nitrogens with zero attached hydrogens (tertiary/aromatic N) is 3. The topological polar surface area (TPSA) is 31.4 Å². The highest BCUT2D eigenvalue weighted by Gasteiger charge is 2.34. The van der Waals surface area contributed by atoms with Gasteiger partial charge in [0.2, 0.25) is 0 Å². The van der Waals surface area contributed by atoms with E-state index in [1.165, 1.54) is 31.4 Å². The van der Waals surface area contributed by atoms with E-state index in [0.717, 1.165) is 37.5 Å². The molecule has 0 amide bonds. The van der Waals surface area contributed by atoms with Crippen molar-refractivity contribution in [2.45, 2.75) is 44.8 Å². The van der Waals surface area contributed by atoms with Crippen LogP contribution in [0.1, 0.15) is 31.7 Å². The minimum Gasteiger partial charge on any atom is -0.360 e. The van der Waals surface area contributed by atoms with Crippen molar-refractivity contribution in [1.29, 1.82) is 0 Å². The summed E-state index contributed by atoms with van der Waals surface area (Å²) in [6.07, 6.45) is 6.07. The van der Waals surface area contributed by atoms with Crippen LogP contribution in [0.3, 0.4) is 0 Å². The molecule has 2 aliphatic rings. The molecule has 0 saturated carbocycles. The maximum Gasteiger partial charge on any atom is 0.128 e. The lowest BCUT2D eigenvalue weighted by Gasteiger charge is -2.27. The zero-order chi connectivity index (χ0) is 13.9. The van der Waals surface area contributed by atoms with Gasteiger partial charge in [-0.25, -0.2) is 4.98 Å². The molecule has 1 N–H and O–H groups in total. The molecule has 2 unspecified atom stereocenters. The Labute approximate surface area is 122 Å². The molecule has 1 aromatic heterocycles. The van der Waals surface area contributed by atoms with Crippen molar-refractivity contribution in [3.8, 4) is 0 Å². The molecular weight excluding hydrogens is 248 g/mol. The smallest absolute Gasteiger partial charge is 0.128 e. The van der Waals surface area contributed by atoms with Gasteiger partial charge in [0.05, 0.1) is 0 Å². The second-order valence-electron chi connectivity index (χ2n) is 6.09. The molecule has 4 nitrogen and oxygen atoms in total. The second-order valence-corrected chi connectivity index (χ2v) is 6.09. The van der Waals surface area contributed by atoms with Gasteiger partial charge in [0.25, 0.3) is 0 Å². The van der Waals surface area contributed by atoms with Crippen LogP contribution in [0.4, 0.5) is 5.82 Å². The molecule has 2 aliphatic heterocycles. The van der Waals surface area contributed by atoms with Crippen molar-refractivity contribution >= 4 is 5.82 Å². The third kappa shape index (κ3) is 2.81. The zero-order valence-corrected chi connectivity index (χ0v) is 12.7. The van der Waals surface area contributed by atoms with Crippen molar-refractivity contribution < 1.29 is 0 Å². The fourth-order valence-electron chi connectivity index (χ4n) is 3.45. The van der Waals surface area contributed by atoms with E-state index in [9.17, 15) is 0 Å². The zero-order valence-electron chi connectivity index (χ0n) is 12.7. The van der Waals surface area contributed by atoms with Crippen molar-refractivity contribution in [2.24, 2.45) is 0 Å². The van der Waals surface area contributed by atoms with E-state index in [4.69, 9.17) is 0 Å². The highest BCUT2D eigenvalue weighted by atomic mass is 15.2. The van der Waals surface area contributed by atoms with Gasteiger partial charge in [-0.1, -0.05) is 6.07 Å². The molecule has 2 fully saturated rings. The van der Waals surface area contributed by atoms with E-state index in [0.29, 0.717) is 0 Å². The maximum absolute atomic E-state index is 4.59. The van der Waals surface area contributed by atoms with Crippen molar-refractivity contribution in [1.82, 2.24) is 15.2 Å². The molecule has 3 heterocycles. The Morgan fingerprint density at radius 1 is 1.30 bits per heavy atom. The van der Waals surface area contributed by atoms with Crippen LogP contribution in [0.5, 0.6) is 0 Å². The highest BCUT2D eigenvalue weighted by Crippen LogP contribution is 2.29. The first kappa shape index (κ1) is 13.8. The van der Waals surface area contributed by atoms with E-state index in [1.54, 1.807) is 0 Å². The summed E-state index contributed by atoms with van der Waals surface area (Å²) >= 11 is 0. The summed E-state index contributed by atoms with van der Waals surface area (Å²) in [6.45, 7) is 6.53. The fraction of sp³-hybridized carbons (Fsp3) is 0.688. The lowest BCUT2D eigenvalue weighted by atomic mass is 10.1.